The van der Waals surface area contributed by atoms with Crippen LogP contribution in [0.15, 0.2) is 24.3 Å². The van der Waals surface area contributed by atoms with Crippen LogP contribution in [0.5, 0.6) is 11.5 Å². The Morgan fingerprint density at radius 2 is 1.93 bits per heavy atom. The molecule has 0 radical (unpaired) electrons. The second-order valence-corrected chi connectivity index (χ2v) is 7.15. The van der Waals surface area contributed by atoms with Gasteiger partial charge in [-0.15, -0.1) is 10.2 Å². The van der Waals surface area contributed by atoms with Crippen molar-refractivity contribution in [3.8, 4) is 23.0 Å². The molecular weight excluding hydrogens is 356 g/mol. The van der Waals surface area contributed by atoms with Crippen LogP contribution in [-0.4, -0.2) is 50.2 Å². The molecule has 0 N–H and O–H groups in total. The van der Waals surface area contributed by atoms with E-state index in [1.54, 1.807) is 14.2 Å². The van der Waals surface area contributed by atoms with Gasteiger partial charge in [0.1, 0.15) is 17.2 Å². The third-order valence-corrected chi connectivity index (χ3v) is 5.41. The number of ether oxygens (including phenoxy) is 2. The van der Waals surface area contributed by atoms with Gasteiger partial charge in [-0.25, -0.2) is 0 Å². The molecule has 3 aromatic rings. The lowest BCUT2D eigenvalue weighted by atomic mass is 10.1. The van der Waals surface area contributed by atoms with Gasteiger partial charge in [0.2, 0.25) is 0 Å². The monoisotopic (exact) mass is 382 g/mol. The fourth-order valence-electron chi connectivity index (χ4n) is 3.86. The molecule has 8 heteroatoms. The van der Waals surface area contributed by atoms with E-state index in [2.05, 4.69) is 43.8 Å². The van der Waals surface area contributed by atoms with Crippen LogP contribution in [-0.2, 0) is 20.1 Å². The summed E-state index contributed by atoms with van der Waals surface area (Å²) in [4.78, 5) is 2.40. The van der Waals surface area contributed by atoms with Crippen LogP contribution in [0, 0.1) is 6.92 Å². The van der Waals surface area contributed by atoms with Crippen molar-refractivity contribution in [1.82, 2.24) is 29.4 Å². The third-order valence-electron chi connectivity index (χ3n) is 5.41. The highest BCUT2D eigenvalue weighted by Crippen LogP contribution is 2.32. The summed E-state index contributed by atoms with van der Waals surface area (Å²) in [6, 6.07) is 8.16. The molecule has 8 nitrogen and oxygen atoms in total. The van der Waals surface area contributed by atoms with E-state index < -0.39 is 0 Å². The first-order valence-electron chi connectivity index (χ1n) is 9.41. The summed E-state index contributed by atoms with van der Waals surface area (Å²) in [5.41, 5.74) is 3.10. The van der Waals surface area contributed by atoms with Crippen molar-refractivity contribution in [2.45, 2.75) is 33.0 Å². The Morgan fingerprint density at radius 1 is 1.11 bits per heavy atom. The van der Waals surface area contributed by atoms with Gasteiger partial charge in [-0.05, 0) is 26.0 Å². The molecule has 1 aliphatic rings. The van der Waals surface area contributed by atoms with Gasteiger partial charge in [-0.2, -0.15) is 5.10 Å². The first-order valence-corrected chi connectivity index (χ1v) is 9.41. The van der Waals surface area contributed by atoms with E-state index >= 15 is 0 Å². The average molecular weight is 382 g/mol. The Labute approximate surface area is 164 Å². The number of benzene rings is 1. The molecular formula is C20H26N6O2. The number of aryl methyl sites for hydroxylation is 2. The maximum absolute atomic E-state index is 5.56. The molecule has 2 aromatic heterocycles. The first kappa shape index (κ1) is 18.5. The van der Waals surface area contributed by atoms with Crippen LogP contribution in [0.25, 0.3) is 11.5 Å². The zero-order valence-electron chi connectivity index (χ0n) is 17.0. The molecule has 0 saturated heterocycles. The zero-order chi connectivity index (χ0) is 19.8. The lowest BCUT2D eigenvalue weighted by Crippen LogP contribution is -2.36. The number of hydrogen-bond donors (Lipinski definition) is 0. The largest absolute Gasteiger partial charge is 0.497 e. The molecule has 148 valence electrons. The molecule has 0 bridgehead atoms. The topological polar surface area (TPSA) is 70.2 Å². The van der Waals surface area contributed by atoms with Crippen LogP contribution in [0.1, 0.15) is 30.0 Å². The van der Waals surface area contributed by atoms with Crippen LogP contribution in [0.3, 0.4) is 0 Å². The highest BCUT2D eigenvalue weighted by atomic mass is 16.5. The van der Waals surface area contributed by atoms with Gasteiger partial charge in [0, 0.05) is 38.3 Å². The number of hydrogen-bond acceptors (Lipinski definition) is 6. The molecule has 1 aromatic carbocycles. The second-order valence-electron chi connectivity index (χ2n) is 7.15. The van der Waals surface area contributed by atoms with Crippen molar-refractivity contribution in [1.29, 1.82) is 0 Å². The molecule has 0 saturated carbocycles. The normalized spacial score (nSPS) is 16.8. The van der Waals surface area contributed by atoms with Gasteiger partial charge in [-0.3, -0.25) is 9.58 Å². The Morgan fingerprint density at radius 3 is 2.61 bits per heavy atom. The van der Waals surface area contributed by atoms with Crippen molar-refractivity contribution in [3.05, 3.63) is 41.3 Å². The van der Waals surface area contributed by atoms with Crippen molar-refractivity contribution in [2.75, 3.05) is 20.8 Å². The van der Waals surface area contributed by atoms with Crippen LogP contribution >= 0.6 is 0 Å². The van der Waals surface area contributed by atoms with Crippen molar-refractivity contribution < 1.29 is 9.47 Å². The van der Waals surface area contributed by atoms with E-state index in [9.17, 15) is 0 Å². The summed E-state index contributed by atoms with van der Waals surface area (Å²) in [7, 11) is 5.30. The predicted octanol–water partition coefficient (Wildman–Crippen LogP) is 2.58. The van der Waals surface area contributed by atoms with E-state index in [1.807, 2.05) is 30.8 Å². The molecule has 1 aliphatic heterocycles. The summed E-state index contributed by atoms with van der Waals surface area (Å²) in [6.07, 6.45) is 0. The standard InChI is InChI=1S/C20H26N6O2/c1-13-10-17(24(3)23-13)20-22-21-19-14(2)25(8-9-26(19)20)12-15-6-7-16(27-4)11-18(15)28-5/h6-7,10-11,14H,8-9,12H2,1-5H3/t14-/m1/s1. The number of nitrogens with zero attached hydrogens (tertiary/aromatic N) is 6. The first-order chi connectivity index (χ1) is 13.5. The van der Waals surface area contributed by atoms with E-state index in [1.165, 1.54) is 0 Å². The SMILES string of the molecule is COc1ccc(CN2CCn3c(-c4cc(C)nn4C)nnc3[C@H]2C)c(OC)c1. The fraction of sp³-hybridized carbons (Fsp3) is 0.450. The number of methoxy groups -OCH3 is 2. The van der Waals surface area contributed by atoms with Gasteiger partial charge in [0.25, 0.3) is 0 Å². The minimum atomic E-state index is 0.149. The van der Waals surface area contributed by atoms with Gasteiger partial charge in [0.05, 0.1) is 26.0 Å². The fourth-order valence-corrected chi connectivity index (χ4v) is 3.86. The number of aromatic nitrogens is 5. The number of fused-ring (bicyclic) bond motifs is 1. The van der Waals surface area contributed by atoms with E-state index in [4.69, 9.17) is 9.47 Å². The minimum absolute atomic E-state index is 0.149. The van der Waals surface area contributed by atoms with Crippen molar-refractivity contribution in [3.63, 3.8) is 0 Å². The summed E-state index contributed by atoms with van der Waals surface area (Å²) in [5, 5.41) is 13.4. The molecule has 0 unspecified atom stereocenters. The maximum atomic E-state index is 5.56. The summed E-state index contributed by atoms with van der Waals surface area (Å²) in [5.74, 6) is 3.49. The molecule has 0 amide bonds. The van der Waals surface area contributed by atoms with Gasteiger partial charge in [-0.1, -0.05) is 6.07 Å². The minimum Gasteiger partial charge on any atom is -0.497 e. The van der Waals surface area contributed by atoms with Crippen molar-refractivity contribution in [2.24, 2.45) is 7.05 Å². The zero-order valence-corrected chi connectivity index (χ0v) is 17.0. The molecule has 0 spiro atoms. The molecule has 0 fully saturated rings. The van der Waals surface area contributed by atoms with E-state index in [0.29, 0.717) is 0 Å². The molecule has 1 atom stereocenters. The lowest BCUT2D eigenvalue weighted by Gasteiger charge is -2.34. The summed E-state index contributed by atoms with van der Waals surface area (Å²) < 4.78 is 14.9. The van der Waals surface area contributed by atoms with E-state index in [0.717, 1.165) is 59.7 Å². The quantitative estimate of drug-likeness (QED) is 0.676. The summed E-state index contributed by atoms with van der Waals surface area (Å²) in [6.45, 7) is 6.69. The van der Waals surface area contributed by atoms with Crippen LogP contribution < -0.4 is 9.47 Å². The summed E-state index contributed by atoms with van der Waals surface area (Å²) >= 11 is 0. The van der Waals surface area contributed by atoms with Gasteiger partial charge >= 0.3 is 0 Å². The average Bonchev–Trinajstić information content (AvgIpc) is 3.26. The predicted molar refractivity (Wildman–Crippen MR) is 105 cm³/mol. The molecule has 0 aliphatic carbocycles. The van der Waals surface area contributed by atoms with Crippen molar-refractivity contribution >= 4 is 0 Å². The highest BCUT2D eigenvalue weighted by Gasteiger charge is 2.30. The molecule has 28 heavy (non-hydrogen) atoms. The maximum Gasteiger partial charge on any atom is 0.182 e. The van der Waals surface area contributed by atoms with Crippen LogP contribution in [0.2, 0.25) is 0 Å². The third kappa shape index (κ3) is 3.13. The second kappa shape index (κ2) is 7.27. The Bertz CT molecular complexity index is 993. The smallest absolute Gasteiger partial charge is 0.182 e. The van der Waals surface area contributed by atoms with Gasteiger partial charge in [0.15, 0.2) is 11.6 Å². The highest BCUT2D eigenvalue weighted by molar-refractivity contribution is 5.51. The number of rotatable bonds is 5. The van der Waals surface area contributed by atoms with Gasteiger partial charge < -0.3 is 14.0 Å². The van der Waals surface area contributed by atoms with Crippen LogP contribution in [0.4, 0.5) is 0 Å². The lowest BCUT2D eigenvalue weighted by molar-refractivity contribution is 0.155. The molecule has 3 heterocycles. The Kier molecular flexibility index (Phi) is 4.80. The Balaban J connectivity index is 1.60. The Hall–Kier alpha value is -2.87. The molecule has 4 rings (SSSR count). The van der Waals surface area contributed by atoms with E-state index in [-0.39, 0.29) is 6.04 Å².